The van der Waals surface area contributed by atoms with Gasteiger partial charge in [-0.15, -0.1) is 0 Å². The number of hydrogen-bond acceptors (Lipinski definition) is 7. The summed E-state index contributed by atoms with van der Waals surface area (Å²) in [7, 11) is -0.790. The summed E-state index contributed by atoms with van der Waals surface area (Å²) in [5.41, 5.74) is 3.29. The summed E-state index contributed by atoms with van der Waals surface area (Å²) in [5.74, 6) is 0.718. The molecule has 43 heavy (non-hydrogen) atoms. The third-order valence-electron chi connectivity index (χ3n) is 7.08. The number of sulfonamides is 1. The molecule has 0 aliphatic rings. The minimum Gasteiger partial charge on any atom is -0.348 e. The molecule has 3 N–H and O–H groups in total. The normalized spacial score (nSPS) is 12.7. The number of hydrogen-bond donors (Lipinski definition) is 3. The van der Waals surface area contributed by atoms with Gasteiger partial charge < -0.3 is 15.3 Å². The van der Waals surface area contributed by atoms with Crippen LogP contribution in [0.1, 0.15) is 65.2 Å². The maximum atomic E-state index is 13.5. The minimum absolute atomic E-state index is 0.214. The van der Waals surface area contributed by atoms with Crippen LogP contribution in [0.15, 0.2) is 73.3 Å². The van der Waals surface area contributed by atoms with Gasteiger partial charge in [-0.25, -0.2) is 22.7 Å². The summed E-state index contributed by atoms with van der Waals surface area (Å²) < 4.78 is 28.1. The first-order valence-electron chi connectivity index (χ1n) is 14.6. The van der Waals surface area contributed by atoms with E-state index < -0.39 is 15.4 Å². The Labute approximate surface area is 254 Å². The number of aromatic nitrogens is 4. The van der Waals surface area contributed by atoms with Crippen LogP contribution in [0.3, 0.4) is 0 Å². The van der Waals surface area contributed by atoms with Crippen LogP contribution < -0.4 is 5.32 Å². The Balaban J connectivity index is 1.47. The third-order valence-corrected chi connectivity index (χ3v) is 9.19. The van der Waals surface area contributed by atoms with Crippen LogP contribution in [-0.4, -0.2) is 75.6 Å². The van der Waals surface area contributed by atoms with Gasteiger partial charge in [0.25, 0.3) is 5.91 Å². The smallest absolute Gasteiger partial charge is 0.255 e. The number of benzene rings is 2. The highest BCUT2D eigenvalue weighted by atomic mass is 32.2. The lowest BCUT2D eigenvalue weighted by atomic mass is 10.1. The van der Waals surface area contributed by atoms with Gasteiger partial charge in [0.15, 0.2) is 5.37 Å². The van der Waals surface area contributed by atoms with Crippen molar-refractivity contribution in [3.05, 3.63) is 102 Å². The zero-order valence-electron chi connectivity index (χ0n) is 25.3. The molecule has 2 aromatic carbocycles. The second-order valence-electron chi connectivity index (χ2n) is 10.7. The van der Waals surface area contributed by atoms with Gasteiger partial charge in [0.05, 0.1) is 6.54 Å². The van der Waals surface area contributed by atoms with E-state index in [0.717, 1.165) is 43.7 Å². The fourth-order valence-corrected chi connectivity index (χ4v) is 6.30. The Kier molecular flexibility index (Phi) is 11.2. The van der Waals surface area contributed by atoms with Crippen LogP contribution in [0.2, 0.25) is 0 Å². The summed E-state index contributed by atoms with van der Waals surface area (Å²) in [6.45, 7) is 7.92. The van der Waals surface area contributed by atoms with Crippen molar-refractivity contribution < 1.29 is 13.2 Å². The first-order chi connectivity index (χ1) is 20.7. The Bertz CT molecular complexity index is 1500. The highest BCUT2D eigenvalue weighted by molar-refractivity contribution is 7.89. The fraction of sp³-hybridized carbons (Fsp3) is 0.387. The molecule has 0 aliphatic carbocycles. The van der Waals surface area contributed by atoms with Crippen LogP contribution in [0.5, 0.6) is 0 Å². The number of carbonyl (C=O) groups is 1. The zero-order valence-corrected chi connectivity index (χ0v) is 26.1. The molecule has 4 aromatic rings. The zero-order chi connectivity index (χ0) is 30.8. The average Bonchev–Trinajstić information content (AvgIpc) is 3.70. The lowest BCUT2D eigenvalue weighted by Gasteiger charge is -2.31. The van der Waals surface area contributed by atoms with Crippen LogP contribution in [0.4, 0.5) is 5.69 Å². The van der Waals surface area contributed by atoms with Crippen molar-refractivity contribution in [2.24, 2.45) is 0 Å². The van der Waals surface area contributed by atoms with E-state index in [-0.39, 0.29) is 19.0 Å². The largest absolute Gasteiger partial charge is 0.348 e. The molecule has 4 rings (SSSR count). The van der Waals surface area contributed by atoms with Crippen LogP contribution in [0, 0.1) is 0 Å². The van der Waals surface area contributed by atoms with E-state index in [4.69, 9.17) is 0 Å². The van der Waals surface area contributed by atoms with Crippen molar-refractivity contribution in [3.63, 3.8) is 0 Å². The molecular formula is C31H42N8O3S. The van der Waals surface area contributed by atoms with E-state index in [1.54, 1.807) is 35.6 Å². The van der Waals surface area contributed by atoms with E-state index >= 15 is 0 Å². The second kappa shape index (κ2) is 15.1. The van der Waals surface area contributed by atoms with E-state index in [0.29, 0.717) is 17.2 Å². The van der Waals surface area contributed by atoms with Gasteiger partial charge >= 0.3 is 0 Å². The quantitative estimate of drug-likeness (QED) is 0.170. The highest BCUT2D eigenvalue weighted by Gasteiger charge is 2.37. The number of nitrogens with one attached hydrogen (secondary N) is 3. The molecule has 0 aliphatic heterocycles. The maximum Gasteiger partial charge on any atom is 0.255 e. The molecule has 0 fully saturated rings. The Morgan fingerprint density at radius 2 is 1.44 bits per heavy atom. The number of carbonyl (C=O) groups excluding carboxylic acids is 1. The van der Waals surface area contributed by atoms with Crippen molar-refractivity contribution in [2.45, 2.75) is 51.7 Å². The predicted molar refractivity (Wildman–Crippen MR) is 168 cm³/mol. The predicted octanol–water partition coefficient (Wildman–Crippen LogP) is 4.60. The van der Waals surface area contributed by atoms with Gasteiger partial charge in [0.2, 0.25) is 10.0 Å². The van der Waals surface area contributed by atoms with E-state index in [1.165, 1.54) is 30.2 Å². The number of amides is 1. The fourth-order valence-electron chi connectivity index (χ4n) is 4.97. The molecule has 2 aromatic heterocycles. The first-order valence-corrected chi connectivity index (χ1v) is 16.1. The van der Waals surface area contributed by atoms with Crippen molar-refractivity contribution in [3.8, 4) is 0 Å². The van der Waals surface area contributed by atoms with Gasteiger partial charge in [-0.1, -0.05) is 38.1 Å². The van der Waals surface area contributed by atoms with Crippen LogP contribution in [0.25, 0.3) is 0 Å². The highest BCUT2D eigenvalue weighted by Crippen LogP contribution is 2.29. The third kappa shape index (κ3) is 8.60. The summed E-state index contributed by atoms with van der Waals surface area (Å²) in [6, 6.07) is 15.2. The number of nitrogens with zero attached hydrogens (tertiary/aromatic N) is 5. The summed E-state index contributed by atoms with van der Waals surface area (Å²) in [4.78, 5) is 31.9. The van der Waals surface area contributed by atoms with Crippen molar-refractivity contribution in [1.82, 2.24) is 34.0 Å². The number of imidazole rings is 2. The molecule has 0 saturated carbocycles. The monoisotopic (exact) mass is 606 g/mol. The summed E-state index contributed by atoms with van der Waals surface area (Å²) >= 11 is 0. The summed E-state index contributed by atoms with van der Waals surface area (Å²) in [6.07, 6.45) is 8.71. The van der Waals surface area contributed by atoms with E-state index in [1.807, 2.05) is 24.3 Å². The van der Waals surface area contributed by atoms with Gasteiger partial charge in [-0.3, -0.25) is 14.6 Å². The SMILES string of the molecule is CCCN(CCC)Cc1ccc(NC(=O)c2ccc(CN(Cc3ncc[nH]3)C(c3ncc[nH]3)S(=O)(=O)N(C)C)cc2)cc1. The molecule has 12 heteroatoms. The Morgan fingerprint density at radius 3 is 2.00 bits per heavy atom. The molecule has 1 unspecified atom stereocenters. The maximum absolute atomic E-state index is 13.5. The average molecular weight is 607 g/mol. The number of H-pyrrole nitrogens is 2. The number of anilines is 1. The molecule has 1 amide bonds. The van der Waals surface area contributed by atoms with Crippen LogP contribution in [-0.2, 0) is 29.7 Å². The Hall–Kier alpha value is -3.84. The van der Waals surface area contributed by atoms with Gasteiger partial charge in [0.1, 0.15) is 11.6 Å². The standard InChI is InChI=1S/C31H42N8O3S/c1-5-19-38(20-6-2)21-24-9-13-27(14-10-24)36-30(40)26-11-7-25(8-12-26)22-39(23-28-32-15-16-33-28)31(29-34-17-18-35-29)43(41,42)37(3)4/h7-18,31H,5-6,19-23H2,1-4H3,(H,32,33)(H,34,35)(H,36,40). The summed E-state index contributed by atoms with van der Waals surface area (Å²) in [5, 5.41) is 1.90. The van der Waals surface area contributed by atoms with Crippen molar-refractivity contribution >= 4 is 21.6 Å². The molecule has 0 radical (unpaired) electrons. The van der Waals surface area contributed by atoms with Gasteiger partial charge in [-0.2, -0.15) is 0 Å². The molecule has 11 nitrogen and oxygen atoms in total. The topological polar surface area (TPSA) is 130 Å². The van der Waals surface area contributed by atoms with Crippen molar-refractivity contribution in [1.29, 1.82) is 0 Å². The Morgan fingerprint density at radius 1 is 0.837 bits per heavy atom. The molecule has 0 spiro atoms. The first kappa shape index (κ1) is 32.1. The molecule has 0 bridgehead atoms. The minimum atomic E-state index is -3.80. The van der Waals surface area contributed by atoms with Gasteiger partial charge in [-0.05, 0) is 61.3 Å². The molecule has 0 saturated heterocycles. The van der Waals surface area contributed by atoms with Crippen LogP contribution >= 0.6 is 0 Å². The lowest BCUT2D eigenvalue weighted by molar-refractivity contribution is 0.102. The number of aromatic amines is 2. The van der Waals surface area contributed by atoms with Gasteiger partial charge in [0, 0.05) is 63.2 Å². The molecule has 1 atom stereocenters. The van der Waals surface area contributed by atoms with Crippen molar-refractivity contribution in [2.75, 3.05) is 32.5 Å². The van der Waals surface area contributed by atoms with E-state index in [2.05, 4.69) is 56.1 Å². The molecule has 2 heterocycles. The molecule has 230 valence electrons. The second-order valence-corrected chi connectivity index (χ2v) is 12.9. The lowest BCUT2D eigenvalue weighted by Crippen LogP contribution is -2.40. The number of rotatable bonds is 16. The molecular weight excluding hydrogens is 564 g/mol. The van der Waals surface area contributed by atoms with E-state index in [9.17, 15) is 13.2 Å².